The molecule has 0 saturated carbocycles. The van der Waals surface area contributed by atoms with Crippen molar-refractivity contribution in [2.75, 3.05) is 0 Å². The van der Waals surface area contributed by atoms with Gasteiger partial charge in [0, 0.05) is 11.1 Å². The van der Waals surface area contributed by atoms with Crippen molar-refractivity contribution in [3.05, 3.63) is 35.4 Å². The van der Waals surface area contributed by atoms with Crippen LogP contribution in [0.5, 0.6) is 0 Å². The number of rotatable bonds is 3. The molecule has 0 bridgehead atoms. The van der Waals surface area contributed by atoms with Gasteiger partial charge in [-0.25, -0.2) is 0 Å². The fourth-order valence-corrected chi connectivity index (χ4v) is 0.918. The Kier molecular flexibility index (Phi) is 2.87. The summed E-state index contributed by atoms with van der Waals surface area (Å²) in [5.41, 5.74) is 0.407. The van der Waals surface area contributed by atoms with E-state index in [9.17, 15) is 14.4 Å². The number of aldehydes is 1. The average molecular weight is 187 g/mol. The van der Waals surface area contributed by atoms with E-state index in [4.69, 9.17) is 5.26 Å². The highest BCUT2D eigenvalue weighted by molar-refractivity contribution is 6.33. The van der Waals surface area contributed by atoms with Crippen molar-refractivity contribution in [3.63, 3.8) is 0 Å². The topological polar surface area (TPSA) is 75.0 Å². The Morgan fingerprint density at radius 2 is 1.64 bits per heavy atom. The van der Waals surface area contributed by atoms with Gasteiger partial charge in [0.2, 0.25) is 5.78 Å². The molecule has 0 saturated heterocycles. The lowest BCUT2D eigenvalue weighted by atomic mass is 10.1. The molecule has 1 aromatic rings. The first-order valence-corrected chi connectivity index (χ1v) is 3.73. The summed E-state index contributed by atoms with van der Waals surface area (Å²) in [6.07, 6.45) is 0.196. The van der Waals surface area contributed by atoms with Crippen LogP contribution in [0.1, 0.15) is 20.7 Å². The molecule has 0 atom stereocenters. The molecule has 4 heteroatoms. The number of hydrogen-bond acceptors (Lipinski definition) is 4. The monoisotopic (exact) mass is 187 g/mol. The van der Waals surface area contributed by atoms with E-state index in [1.165, 1.54) is 30.3 Å². The molecule has 0 N–H and O–H groups in total. The number of carbonyl (C=O) groups is 3. The molecule has 0 unspecified atom stereocenters. The lowest BCUT2D eigenvalue weighted by Gasteiger charge is -1.94. The molecule has 0 radical (unpaired) electrons. The first kappa shape index (κ1) is 9.81. The molecular formula is C10H5NO3. The van der Waals surface area contributed by atoms with Gasteiger partial charge in [-0.05, 0) is 12.1 Å². The van der Waals surface area contributed by atoms with E-state index in [1.807, 2.05) is 0 Å². The summed E-state index contributed by atoms with van der Waals surface area (Å²) in [5, 5.41) is 8.29. The molecule has 68 valence electrons. The fraction of sp³-hybridized carbons (Fsp3) is 0. The second-order valence-electron chi connectivity index (χ2n) is 2.50. The Bertz CT molecular complexity index is 426. The average Bonchev–Trinajstić information content (AvgIpc) is 2.27. The number of nitriles is 1. The standard InChI is InChI=1S/C10H5NO3/c11-5-9(13)7-1-3-8(4-2-7)10(14)6-12/h1-4,6H. The van der Waals surface area contributed by atoms with Gasteiger partial charge < -0.3 is 0 Å². The van der Waals surface area contributed by atoms with Gasteiger partial charge in [0.05, 0.1) is 0 Å². The van der Waals surface area contributed by atoms with Crippen LogP contribution >= 0.6 is 0 Å². The molecule has 0 aliphatic heterocycles. The van der Waals surface area contributed by atoms with Gasteiger partial charge in [-0.1, -0.05) is 12.1 Å². The molecule has 0 aliphatic rings. The number of nitrogens with zero attached hydrogens (tertiary/aromatic N) is 1. The Labute approximate surface area is 79.8 Å². The van der Waals surface area contributed by atoms with Crippen molar-refractivity contribution in [1.82, 2.24) is 0 Å². The second-order valence-corrected chi connectivity index (χ2v) is 2.50. The third-order valence-electron chi connectivity index (χ3n) is 1.64. The zero-order valence-electron chi connectivity index (χ0n) is 7.06. The van der Waals surface area contributed by atoms with Gasteiger partial charge in [0.25, 0.3) is 5.78 Å². The summed E-state index contributed by atoms with van der Waals surface area (Å²) in [6.45, 7) is 0. The van der Waals surface area contributed by atoms with E-state index in [-0.39, 0.29) is 17.4 Å². The van der Waals surface area contributed by atoms with Gasteiger partial charge in [-0.15, -0.1) is 0 Å². The molecule has 0 amide bonds. The third-order valence-corrected chi connectivity index (χ3v) is 1.64. The molecule has 0 aliphatic carbocycles. The minimum Gasteiger partial charge on any atom is -0.294 e. The van der Waals surface area contributed by atoms with Crippen LogP contribution < -0.4 is 0 Å². The largest absolute Gasteiger partial charge is 0.294 e. The van der Waals surface area contributed by atoms with Gasteiger partial charge in [0.1, 0.15) is 6.07 Å². The Morgan fingerprint density at radius 3 is 2.07 bits per heavy atom. The van der Waals surface area contributed by atoms with Crippen molar-refractivity contribution >= 4 is 17.9 Å². The zero-order chi connectivity index (χ0) is 10.6. The van der Waals surface area contributed by atoms with Crippen LogP contribution in [0, 0.1) is 11.3 Å². The van der Waals surface area contributed by atoms with Crippen molar-refractivity contribution in [3.8, 4) is 6.07 Å². The highest BCUT2D eigenvalue weighted by Gasteiger charge is 2.06. The van der Waals surface area contributed by atoms with Crippen molar-refractivity contribution in [2.24, 2.45) is 0 Å². The summed E-state index contributed by atoms with van der Waals surface area (Å²) >= 11 is 0. The SMILES string of the molecule is N#CC(=O)c1ccc(C(=O)C=O)cc1. The summed E-state index contributed by atoms with van der Waals surface area (Å²) < 4.78 is 0. The van der Waals surface area contributed by atoms with Gasteiger partial charge in [0.15, 0.2) is 6.29 Å². The molecule has 14 heavy (non-hydrogen) atoms. The Morgan fingerprint density at radius 1 is 1.14 bits per heavy atom. The van der Waals surface area contributed by atoms with Crippen molar-refractivity contribution in [1.29, 1.82) is 5.26 Å². The van der Waals surface area contributed by atoms with E-state index < -0.39 is 11.6 Å². The number of benzene rings is 1. The van der Waals surface area contributed by atoms with E-state index in [1.54, 1.807) is 0 Å². The molecule has 0 aromatic heterocycles. The van der Waals surface area contributed by atoms with E-state index >= 15 is 0 Å². The van der Waals surface area contributed by atoms with Crippen LogP contribution in [0.25, 0.3) is 0 Å². The maximum Gasteiger partial charge on any atom is 0.262 e. The summed E-state index contributed by atoms with van der Waals surface area (Å²) in [5.74, 6) is -1.32. The fourth-order valence-electron chi connectivity index (χ4n) is 0.918. The number of ketones is 2. The van der Waals surface area contributed by atoms with Crippen molar-refractivity contribution in [2.45, 2.75) is 0 Å². The van der Waals surface area contributed by atoms with Crippen LogP contribution in [0.2, 0.25) is 0 Å². The maximum absolute atomic E-state index is 10.8. The lowest BCUT2D eigenvalue weighted by molar-refractivity contribution is -0.104. The number of hydrogen-bond donors (Lipinski definition) is 0. The van der Waals surface area contributed by atoms with E-state index in [2.05, 4.69) is 0 Å². The maximum atomic E-state index is 10.8. The summed E-state index contributed by atoms with van der Waals surface area (Å²) in [7, 11) is 0. The number of carbonyl (C=O) groups excluding carboxylic acids is 3. The molecule has 1 aromatic carbocycles. The summed E-state index contributed by atoms with van der Waals surface area (Å²) in [6, 6.07) is 6.79. The highest BCUT2D eigenvalue weighted by Crippen LogP contribution is 2.04. The molecule has 4 nitrogen and oxygen atoms in total. The van der Waals surface area contributed by atoms with Gasteiger partial charge >= 0.3 is 0 Å². The van der Waals surface area contributed by atoms with Gasteiger partial charge in [-0.2, -0.15) is 5.26 Å². The van der Waals surface area contributed by atoms with Crippen LogP contribution in [0.4, 0.5) is 0 Å². The smallest absolute Gasteiger partial charge is 0.262 e. The molecule has 0 heterocycles. The van der Waals surface area contributed by atoms with E-state index in [0.717, 1.165) is 0 Å². The predicted molar refractivity (Wildman–Crippen MR) is 46.8 cm³/mol. The molecular weight excluding hydrogens is 182 g/mol. The third kappa shape index (κ3) is 1.90. The minimum atomic E-state index is -0.671. The first-order valence-electron chi connectivity index (χ1n) is 3.73. The number of Topliss-reactive ketones (excluding diaryl/α,β-unsaturated/α-hetero) is 2. The summed E-state index contributed by atoms with van der Waals surface area (Å²) in [4.78, 5) is 31.8. The van der Waals surface area contributed by atoms with Crippen LogP contribution in [0.15, 0.2) is 24.3 Å². The first-order chi connectivity index (χ1) is 6.69. The zero-order valence-corrected chi connectivity index (χ0v) is 7.06. The normalized spacial score (nSPS) is 8.79. The molecule has 1 rings (SSSR count). The molecule has 0 fully saturated rings. The van der Waals surface area contributed by atoms with Crippen LogP contribution in [0.3, 0.4) is 0 Å². The lowest BCUT2D eigenvalue weighted by Crippen LogP contribution is -2.01. The molecule has 0 spiro atoms. The quantitative estimate of drug-likeness (QED) is 0.303. The van der Waals surface area contributed by atoms with Crippen molar-refractivity contribution < 1.29 is 14.4 Å². The van der Waals surface area contributed by atoms with Crippen LogP contribution in [-0.2, 0) is 4.79 Å². The van der Waals surface area contributed by atoms with Crippen LogP contribution in [-0.4, -0.2) is 17.9 Å². The Balaban J connectivity index is 3.01. The van der Waals surface area contributed by atoms with E-state index in [0.29, 0.717) is 0 Å². The second kappa shape index (κ2) is 4.10. The minimum absolute atomic E-state index is 0.196. The Hall–Kier alpha value is -2.28. The predicted octanol–water partition coefficient (Wildman–Crippen LogP) is 0.774. The van der Waals surface area contributed by atoms with Gasteiger partial charge in [-0.3, -0.25) is 14.4 Å². The highest BCUT2D eigenvalue weighted by atomic mass is 16.2.